The quantitative estimate of drug-likeness (QED) is 0.431. The van der Waals surface area contributed by atoms with Gasteiger partial charge in [-0.15, -0.1) is 0 Å². The molecule has 7 nitrogen and oxygen atoms in total. The molecule has 4 aromatic rings. The monoisotopic (exact) mass is 406 g/mol. The van der Waals surface area contributed by atoms with E-state index in [4.69, 9.17) is 9.26 Å². The second-order valence-corrected chi connectivity index (χ2v) is 6.77. The predicted molar refractivity (Wildman–Crippen MR) is 106 cm³/mol. The van der Waals surface area contributed by atoms with E-state index < -0.39 is 0 Å². The smallest absolute Gasteiger partial charge is 0.306 e. The molecule has 0 aliphatic carbocycles. The van der Waals surface area contributed by atoms with Crippen LogP contribution in [-0.2, 0) is 22.6 Å². The van der Waals surface area contributed by atoms with Gasteiger partial charge in [-0.25, -0.2) is 9.07 Å². The summed E-state index contributed by atoms with van der Waals surface area (Å²) in [6, 6.07) is 14.4. The first kappa shape index (κ1) is 19.5. The highest BCUT2D eigenvalue weighted by molar-refractivity contribution is 5.69. The molecule has 2 heterocycles. The van der Waals surface area contributed by atoms with Crippen LogP contribution in [-0.4, -0.2) is 25.9 Å². The van der Waals surface area contributed by atoms with Gasteiger partial charge in [0.2, 0.25) is 5.82 Å². The van der Waals surface area contributed by atoms with E-state index in [1.54, 1.807) is 29.9 Å². The molecule has 8 heteroatoms. The predicted octanol–water partition coefficient (Wildman–Crippen LogP) is 4.05. The zero-order valence-electron chi connectivity index (χ0n) is 16.3. The minimum absolute atomic E-state index is 0.135. The van der Waals surface area contributed by atoms with Crippen molar-refractivity contribution >= 4 is 5.97 Å². The molecular weight excluding hydrogens is 387 g/mol. The molecule has 0 unspecified atom stereocenters. The largest absolute Gasteiger partial charge is 0.456 e. The van der Waals surface area contributed by atoms with Gasteiger partial charge in [0, 0.05) is 18.2 Å². The highest BCUT2D eigenvalue weighted by Crippen LogP contribution is 2.19. The second-order valence-electron chi connectivity index (χ2n) is 6.77. The number of halogens is 1. The van der Waals surface area contributed by atoms with E-state index >= 15 is 0 Å². The van der Waals surface area contributed by atoms with E-state index in [1.165, 1.54) is 6.07 Å². The van der Waals surface area contributed by atoms with Gasteiger partial charge in [0.05, 0.1) is 11.9 Å². The lowest BCUT2D eigenvalue weighted by molar-refractivity contribution is -0.145. The van der Waals surface area contributed by atoms with Gasteiger partial charge in [-0.05, 0) is 42.7 Å². The first-order chi connectivity index (χ1) is 14.6. The average molecular weight is 406 g/mol. The Bertz CT molecular complexity index is 1150. The Morgan fingerprint density at radius 3 is 2.83 bits per heavy atom. The van der Waals surface area contributed by atoms with Crippen molar-refractivity contribution in [3.63, 3.8) is 0 Å². The standard InChI is InChI=1S/C22H19FN4O3/c1-15-7-9-17(11-19(15)23)22-25-20(30-26-22)14-29-21(28)10-8-16-12-24-27(13-16)18-5-3-2-4-6-18/h2-7,9,11-13H,8,10,14H2,1H3. The van der Waals surface area contributed by atoms with Crippen LogP contribution in [0.15, 0.2) is 65.4 Å². The van der Waals surface area contributed by atoms with Crippen molar-refractivity contribution in [2.24, 2.45) is 0 Å². The molecule has 30 heavy (non-hydrogen) atoms. The third-order valence-electron chi connectivity index (χ3n) is 4.53. The molecule has 0 spiro atoms. The fourth-order valence-electron chi connectivity index (χ4n) is 2.83. The van der Waals surface area contributed by atoms with E-state index in [9.17, 15) is 9.18 Å². The summed E-state index contributed by atoms with van der Waals surface area (Å²) in [5.41, 5.74) is 2.91. The van der Waals surface area contributed by atoms with Crippen LogP contribution in [0.2, 0.25) is 0 Å². The molecule has 0 aliphatic rings. The molecule has 0 amide bonds. The molecule has 0 radical (unpaired) electrons. The minimum atomic E-state index is -0.386. The first-order valence-electron chi connectivity index (χ1n) is 9.42. The van der Waals surface area contributed by atoms with Crippen LogP contribution in [0.3, 0.4) is 0 Å². The molecule has 2 aromatic heterocycles. The summed E-state index contributed by atoms with van der Waals surface area (Å²) in [7, 11) is 0. The lowest BCUT2D eigenvalue weighted by atomic mass is 10.1. The van der Waals surface area contributed by atoms with Gasteiger partial charge in [0.1, 0.15) is 5.82 Å². The Labute approximate surface area is 172 Å². The summed E-state index contributed by atoms with van der Waals surface area (Å²) in [6.07, 6.45) is 4.31. The van der Waals surface area contributed by atoms with Crippen molar-refractivity contribution < 1.29 is 18.4 Å². The number of para-hydroxylation sites is 1. The highest BCUT2D eigenvalue weighted by atomic mass is 19.1. The van der Waals surface area contributed by atoms with Crippen LogP contribution in [0.25, 0.3) is 17.1 Å². The van der Waals surface area contributed by atoms with Crippen molar-refractivity contribution in [1.82, 2.24) is 19.9 Å². The third-order valence-corrected chi connectivity index (χ3v) is 4.53. The molecule has 0 atom stereocenters. The summed E-state index contributed by atoms with van der Waals surface area (Å²) in [4.78, 5) is 16.2. The fourth-order valence-corrected chi connectivity index (χ4v) is 2.83. The van der Waals surface area contributed by atoms with Crippen molar-refractivity contribution in [1.29, 1.82) is 0 Å². The summed E-state index contributed by atoms with van der Waals surface area (Å²) >= 11 is 0. The molecule has 0 saturated carbocycles. The normalized spacial score (nSPS) is 10.9. The Kier molecular flexibility index (Phi) is 5.65. The zero-order valence-corrected chi connectivity index (χ0v) is 16.3. The van der Waals surface area contributed by atoms with E-state index in [2.05, 4.69) is 15.2 Å². The number of ether oxygens (including phenoxy) is 1. The highest BCUT2D eigenvalue weighted by Gasteiger charge is 2.13. The van der Waals surface area contributed by atoms with Gasteiger partial charge >= 0.3 is 5.97 Å². The Balaban J connectivity index is 1.28. The van der Waals surface area contributed by atoms with Crippen LogP contribution in [0, 0.1) is 12.7 Å². The Morgan fingerprint density at radius 1 is 1.20 bits per heavy atom. The second kappa shape index (κ2) is 8.69. The maximum atomic E-state index is 13.7. The lowest BCUT2D eigenvalue weighted by Gasteiger charge is -2.01. The van der Waals surface area contributed by atoms with Crippen molar-refractivity contribution in [2.45, 2.75) is 26.4 Å². The number of aromatic nitrogens is 4. The Hall–Kier alpha value is -3.81. The summed E-state index contributed by atoms with van der Waals surface area (Å²) < 4.78 is 25.7. The minimum Gasteiger partial charge on any atom is -0.456 e. The number of nitrogens with zero attached hydrogens (tertiary/aromatic N) is 4. The molecular formula is C22H19FN4O3. The zero-order chi connectivity index (χ0) is 20.9. The van der Waals surface area contributed by atoms with Gasteiger partial charge in [0.25, 0.3) is 5.89 Å². The number of hydrogen-bond donors (Lipinski definition) is 0. The third kappa shape index (κ3) is 4.60. The van der Waals surface area contributed by atoms with Crippen LogP contribution in [0.5, 0.6) is 0 Å². The molecule has 0 saturated heterocycles. The van der Waals surface area contributed by atoms with E-state index in [-0.39, 0.29) is 36.5 Å². The summed E-state index contributed by atoms with van der Waals surface area (Å²) in [5, 5.41) is 8.11. The topological polar surface area (TPSA) is 83.0 Å². The van der Waals surface area contributed by atoms with Gasteiger partial charge in [-0.1, -0.05) is 35.5 Å². The van der Waals surface area contributed by atoms with Crippen LogP contribution in [0.4, 0.5) is 4.39 Å². The maximum Gasteiger partial charge on any atom is 0.306 e. The van der Waals surface area contributed by atoms with Crippen LogP contribution < -0.4 is 0 Å². The SMILES string of the molecule is Cc1ccc(-c2noc(COC(=O)CCc3cnn(-c4ccccc4)c3)n2)cc1F. The average Bonchev–Trinajstić information content (AvgIpc) is 3.43. The lowest BCUT2D eigenvalue weighted by Crippen LogP contribution is -2.06. The number of rotatable bonds is 7. The fraction of sp³-hybridized carbons (Fsp3) is 0.182. The Morgan fingerprint density at radius 2 is 2.03 bits per heavy atom. The van der Waals surface area contributed by atoms with Gasteiger partial charge < -0.3 is 9.26 Å². The van der Waals surface area contributed by atoms with Crippen LogP contribution in [0.1, 0.15) is 23.4 Å². The number of esters is 1. The first-order valence-corrected chi connectivity index (χ1v) is 9.42. The molecule has 0 aliphatic heterocycles. The van der Waals surface area contributed by atoms with Crippen LogP contribution >= 0.6 is 0 Å². The van der Waals surface area contributed by atoms with Crippen molar-refractivity contribution in [3.05, 3.63) is 83.8 Å². The van der Waals surface area contributed by atoms with Crippen molar-refractivity contribution in [2.75, 3.05) is 0 Å². The van der Waals surface area contributed by atoms with Gasteiger partial charge in [-0.3, -0.25) is 4.79 Å². The molecule has 152 valence electrons. The number of carbonyl (C=O) groups excluding carboxylic acids is 1. The van der Waals surface area contributed by atoms with Gasteiger partial charge in [0.15, 0.2) is 6.61 Å². The number of benzene rings is 2. The van der Waals surface area contributed by atoms with E-state index in [0.29, 0.717) is 17.5 Å². The summed E-state index contributed by atoms with van der Waals surface area (Å²) in [6.45, 7) is 1.54. The number of carbonyl (C=O) groups is 1. The van der Waals surface area contributed by atoms with E-state index in [1.807, 2.05) is 36.5 Å². The number of hydrogen-bond acceptors (Lipinski definition) is 6. The summed E-state index contributed by atoms with van der Waals surface area (Å²) in [5.74, 6) is -0.339. The number of aryl methyl sites for hydroxylation is 2. The van der Waals surface area contributed by atoms with Crippen molar-refractivity contribution in [3.8, 4) is 17.1 Å². The van der Waals surface area contributed by atoms with Gasteiger partial charge in [-0.2, -0.15) is 10.1 Å². The molecule has 4 rings (SSSR count). The van der Waals surface area contributed by atoms with E-state index in [0.717, 1.165) is 11.3 Å². The molecule has 2 aromatic carbocycles. The maximum absolute atomic E-state index is 13.7. The molecule has 0 bridgehead atoms. The molecule has 0 N–H and O–H groups in total. The molecule has 0 fully saturated rings.